The van der Waals surface area contributed by atoms with Crippen LogP contribution in [-0.2, 0) is 18.4 Å². The Bertz CT molecular complexity index is 332. The van der Waals surface area contributed by atoms with Gasteiger partial charge in [0.2, 0.25) is 5.91 Å². The Hall–Kier alpha value is -1.62. The molecule has 1 aromatic heterocycles. The van der Waals surface area contributed by atoms with Crippen LogP contribution >= 0.6 is 0 Å². The van der Waals surface area contributed by atoms with Crippen molar-refractivity contribution in [3.8, 4) is 0 Å². The van der Waals surface area contributed by atoms with Gasteiger partial charge >= 0.3 is 0 Å². The van der Waals surface area contributed by atoms with Gasteiger partial charge in [-0.15, -0.1) is 6.58 Å². The first-order chi connectivity index (χ1) is 7.24. The smallest absolute Gasteiger partial charge is 0.234 e. The molecular weight excluding hydrogens is 192 g/mol. The van der Waals surface area contributed by atoms with E-state index < -0.39 is 0 Å². The summed E-state index contributed by atoms with van der Waals surface area (Å²) in [6, 6.07) is 1.91. The number of aryl methyl sites for hydroxylation is 1. The molecule has 1 aromatic rings. The Kier molecular flexibility index (Phi) is 4.56. The lowest BCUT2D eigenvalue weighted by molar-refractivity contribution is -0.120. The van der Waals surface area contributed by atoms with E-state index >= 15 is 0 Å². The van der Waals surface area contributed by atoms with Crippen molar-refractivity contribution in [3.63, 3.8) is 0 Å². The minimum atomic E-state index is -0.0305. The summed E-state index contributed by atoms with van der Waals surface area (Å²) < 4.78 is 1.77. The Morgan fingerprint density at radius 3 is 3.13 bits per heavy atom. The predicted molar refractivity (Wildman–Crippen MR) is 58.1 cm³/mol. The molecule has 1 heterocycles. The third kappa shape index (κ3) is 3.95. The van der Waals surface area contributed by atoms with E-state index in [9.17, 15) is 4.79 Å². The van der Waals surface area contributed by atoms with E-state index in [1.165, 1.54) is 0 Å². The molecule has 0 aliphatic heterocycles. The largest absolute Gasteiger partial charge is 0.352 e. The summed E-state index contributed by atoms with van der Waals surface area (Å²) in [6.07, 6.45) is 3.38. The zero-order valence-electron chi connectivity index (χ0n) is 8.86. The second-order valence-corrected chi connectivity index (χ2v) is 3.14. The SMILES string of the molecule is C=CCNC(=O)CNCc1ccnn1C. The van der Waals surface area contributed by atoms with Gasteiger partial charge in [-0.3, -0.25) is 9.48 Å². The lowest BCUT2D eigenvalue weighted by Gasteiger charge is -2.05. The molecule has 0 spiro atoms. The normalized spacial score (nSPS) is 9.93. The van der Waals surface area contributed by atoms with Crippen LogP contribution in [0.3, 0.4) is 0 Å². The molecule has 0 aromatic carbocycles. The van der Waals surface area contributed by atoms with Crippen LogP contribution in [0.15, 0.2) is 24.9 Å². The minimum absolute atomic E-state index is 0.0305. The summed E-state index contributed by atoms with van der Waals surface area (Å²) >= 11 is 0. The predicted octanol–water partition coefficient (Wildman–Crippen LogP) is -0.188. The van der Waals surface area contributed by atoms with Crippen LogP contribution < -0.4 is 10.6 Å². The average molecular weight is 208 g/mol. The van der Waals surface area contributed by atoms with Crippen molar-refractivity contribution in [2.75, 3.05) is 13.1 Å². The second-order valence-electron chi connectivity index (χ2n) is 3.14. The van der Waals surface area contributed by atoms with E-state index in [1.54, 1.807) is 17.0 Å². The van der Waals surface area contributed by atoms with Crippen LogP contribution in [-0.4, -0.2) is 28.8 Å². The van der Waals surface area contributed by atoms with Gasteiger partial charge in [0.15, 0.2) is 0 Å². The summed E-state index contributed by atoms with van der Waals surface area (Å²) in [5.74, 6) is -0.0305. The van der Waals surface area contributed by atoms with Crippen LogP contribution in [0, 0.1) is 0 Å². The van der Waals surface area contributed by atoms with Crippen molar-refractivity contribution in [1.29, 1.82) is 0 Å². The first-order valence-electron chi connectivity index (χ1n) is 4.79. The van der Waals surface area contributed by atoms with Crippen LogP contribution in [0.2, 0.25) is 0 Å². The second kappa shape index (κ2) is 5.98. The summed E-state index contributed by atoms with van der Waals surface area (Å²) in [4.78, 5) is 11.2. The summed E-state index contributed by atoms with van der Waals surface area (Å²) in [5, 5.41) is 9.74. The number of carbonyl (C=O) groups excluding carboxylic acids is 1. The highest BCUT2D eigenvalue weighted by atomic mass is 16.1. The number of aromatic nitrogens is 2. The number of rotatable bonds is 6. The third-order valence-corrected chi connectivity index (χ3v) is 1.96. The summed E-state index contributed by atoms with van der Waals surface area (Å²) in [6.45, 7) is 4.97. The fraction of sp³-hybridized carbons (Fsp3) is 0.400. The lowest BCUT2D eigenvalue weighted by Crippen LogP contribution is -2.33. The molecule has 1 rings (SSSR count). The van der Waals surface area contributed by atoms with E-state index in [2.05, 4.69) is 22.3 Å². The number of nitrogens with one attached hydrogen (secondary N) is 2. The molecule has 0 atom stereocenters. The third-order valence-electron chi connectivity index (χ3n) is 1.96. The summed E-state index contributed by atoms with van der Waals surface area (Å²) in [7, 11) is 1.87. The highest BCUT2D eigenvalue weighted by Crippen LogP contribution is 1.93. The first kappa shape index (κ1) is 11.5. The maximum Gasteiger partial charge on any atom is 0.234 e. The fourth-order valence-corrected chi connectivity index (χ4v) is 1.13. The van der Waals surface area contributed by atoms with Crippen molar-refractivity contribution in [2.45, 2.75) is 6.54 Å². The molecule has 82 valence electrons. The maximum atomic E-state index is 11.2. The molecule has 15 heavy (non-hydrogen) atoms. The standard InChI is InChI=1S/C10H16N4O/c1-3-5-12-10(15)8-11-7-9-4-6-13-14(9)2/h3-4,6,11H,1,5,7-8H2,2H3,(H,12,15). The van der Waals surface area contributed by atoms with Gasteiger partial charge in [0.05, 0.1) is 12.2 Å². The van der Waals surface area contributed by atoms with Gasteiger partial charge in [0.1, 0.15) is 0 Å². The van der Waals surface area contributed by atoms with Crippen LogP contribution in [0.25, 0.3) is 0 Å². The van der Waals surface area contributed by atoms with Gasteiger partial charge in [-0.2, -0.15) is 5.10 Å². The molecule has 5 nitrogen and oxygen atoms in total. The van der Waals surface area contributed by atoms with Gasteiger partial charge in [-0.1, -0.05) is 6.08 Å². The van der Waals surface area contributed by atoms with Crippen LogP contribution in [0.1, 0.15) is 5.69 Å². The first-order valence-corrected chi connectivity index (χ1v) is 4.79. The van der Waals surface area contributed by atoms with Gasteiger partial charge in [0, 0.05) is 26.3 Å². The molecule has 0 radical (unpaired) electrons. The number of hydrogen-bond acceptors (Lipinski definition) is 3. The van der Waals surface area contributed by atoms with Crippen LogP contribution in [0.4, 0.5) is 0 Å². The maximum absolute atomic E-state index is 11.2. The molecular formula is C10H16N4O. The van der Waals surface area contributed by atoms with E-state index in [1.807, 2.05) is 13.1 Å². The highest BCUT2D eigenvalue weighted by Gasteiger charge is 2.00. The number of nitrogens with zero attached hydrogens (tertiary/aromatic N) is 2. The molecule has 0 unspecified atom stereocenters. The fourth-order valence-electron chi connectivity index (χ4n) is 1.13. The van der Waals surface area contributed by atoms with Gasteiger partial charge in [0.25, 0.3) is 0 Å². The molecule has 5 heteroatoms. The molecule has 2 N–H and O–H groups in total. The minimum Gasteiger partial charge on any atom is -0.352 e. The molecule has 0 aliphatic carbocycles. The number of hydrogen-bond donors (Lipinski definition) is 2. The molecule has 1 amide bonds. The van der Waals surface area contributed by atoms with Crippen molar-refractivity contribution in [1.82, 2.24) is 20.4 Å². The lowest BCUT2D eigenvalue weighted by atomic mass is 10.4. The van der Waals surface area contributed by atoms with Crippen molar-refractivity contribution >= 4 is 5.91 Å². The monoisotopic (exact) mass is 208 g/mol. The zero-order chi connectivity index (χ0) is 11.1. The Morgan fingerprint density at radius 1 is 1.73 bits per heavy atom. The molecule has 0 saturated carbocycles. The van der Waals surface area contributed by atoms with E-state index in [0.717, 1.165) is 5.69 Å². The van der Waals surface area contributed by atoms with Gasteiger partial charge in [-0.05, 0) is 6.07 Å². The average Bonchev–Trinajstić information content (AvgIpc) is 2.61. The molecule has 0 aliphatic rings. The quantitative estimate of drug-likeness (QED) is 0.637. The summed E-state index contributed by atoms with van der Waals surface area (Å²) in [5.41, 5.74) is 1.05. The highest BCUT2D eigenvalue weighted by molar-refractivity contribution is 5.78. The Labute approximate surface area is 89.2 Å². The van der Waals surface area contributed by atoms with Crippen LogP contribution in [0.5, 0.6) is 0 Å². The number of amides is 1. The molecule has 0 bridgehead atoms. The Balaban J connectivity index is 2.19. The van der Waals surface area contributed by atoms with Gasteiger partial charge in [-0.25, -0.2) is 0 Å². The zero-order valence-corrected chi connectivity index (χ0v) is 8.86. The molecule has 0 saturated heterocycles. The number of carbonyl (C=O) groups is 1. The van der Waals surface area contributed by atoms with Gasteiger partial charge < -0.3 is 10.6 Å². The van der Waals surface area contributed by atoms with Crippen molar-refractivity contribution in [2.24, 2.45) is 7.05 Å². The van der Waals surface area contributed by atoms with E-state index in [0.29, 0.717) is 19.6 Å². The topological polar surface area (TPSA) is 59.0 Å². The molecule has 0 fully saturated rings. The van der Waals surface area contributed by atoms with Crippen molar-refractivity contribution < 1.29 is 4.79 Å². The van der Waals surface area contributed by atoms with E-state index in [-0.39, 0.29) is 5.91 Å². The van der Waals surface area contributed by atoms with Crippen molar-refractivity contribution in [3.05, 3.63) is 30.6 Å². The Morgan fingerprint density at radius 2 is 2.53 bits per heavy atom. The van der Waals surface area contributed by atoms with E-state index in [4.69, 9.17) is 0 Å².